The summed E-state index contributed by atoms with van der Waals surface area (Å²) < 4.78 is 34.3. The Kier molecular flexibility index (Phi) is 1.18. The first-order valence-electron chi connectivity index (χ1n) is 2.80. The Morgan fingerprint density at radius 3 is 1.60 bits per heavy atom. The predicted octanol–water partition coefficient (Wildman–Crippen LogP) is 1.88. The molecule has 1 fully saturated rings. The summed E-state index contributed by atoms with van der Waals surface area (Å²) in [6.07, 6.45) is 0. The quantitative estimate of drug-likeness (QED) is 0.524. The van der Waals surface area contributed by atoms with Crippen molar-refractivity contribution >= 4 is 0 Å². The number of rotatable bonds is 0. The van der Waals surface area contributed by atoms with Gasteiger partial charge in [0, 0.05) is 13.8 Å². The molecule has 0 aromatic carbocycles. The van der Waals surface area contributed by atoms with Gasteiger partial charge in [0.25, 0.3) is 5.95 Å². The maximum absolute atomic E-state index is 12.9. The van der Waals surface area contributed by atoms with E-state index in [9.17, 15) is 8.78 Å². The average Bonchev–Trinajstić information content (AvgIpc) is 1.73. The highest BCUT2D eigenvalue weighted by Crippen LogP contribution is 2.41. The fraction of sp³-hybridized carbons (Fsp3) is 0.667. The Hall–Kier alpha value is -0.800. The highest BCUT2D eigenvalue weighted by atomic mass is 19.2. The molecule has 0 aromatic heterocycles. The summed E-state index contributed by atoms with van der Waals surface area (Å²) >= 11 is 0. The van der Waals surface area contributed by atoms with Gasteiger partial charge in [-0.3, -0.25) is 0 Å². The highest BCUT2D eigenvalue weighted by molar-refractivity contribution is 4.93. The van der Waals surface area contributed by atoms with E-state index in [4.69, 9.17) is 0 Å². The number of halogens is 2. The fourth-order valence-electron chi connectivity index (χ4n) is 0.631. The lowest BCUT2D eigenvalue weighted by Gasteiger charge is -2.20. The maximum Gasteiger partial charge on any atom is 0.317 e. The van der Waals surface area contributed by atoms with Crippen LogP contribution in [0.5, 0.6) is 0 Å². The third-order valence-corrected chi connectivity index (χ3v) is 1.41. The van der Waals surface area contributed by atoms with Gasteiger partial charge in [-0.05, 0) is 6.58 Å². The van der Waals surface area contributed by atoms with E-state index in [1.54, 1.807) is 0 Å². The molecule has 2 unspecified atom stereocenters. The van der Waals surface area contributed by atoms with Gasteiger partial charge in [0.2, 0.25) is 0 Å². The Balaban J connectivity index is 2.88. The smallest absolute Gasteiger partial charge is 0.317 e. The summed E-state index contributed by atoms with van der Waals surface area (Å²) in [7, 11) is 0. The van der Waals surface area contributed by atoms with E-state index in [1.165, 1.54) is 0 Å². The Morgan fingerprint density at radius 1 is 1.20 bits per heavy atom. The molecule has 1 rings (SSSR count). The van der Waals surface area contributed by atoms with Crippen LogP contribution in [0, 0.1) is 0 Å². The third kappa shape index (κ3) is 0.836. The SMILES string of the molecule is C=C1OC(C)(F)C(C)(F)O1. The van der Waals surface area contributed by atoms with Crippen molar-refractivity contribution in [3.63, 3.8) is 0 Å². The van der Waals surface area contributed by atoms with Gasteiger partial charge in [-0.15, -0.1) is 0 Å². The van der Waals surface area contributed by atoms with Crippen LogP contribution in [0.15, 0.2) is 12.5 Å². The number of hydrogen-bond acceptors (Lipinski definition) is 2. The highest BCUT2D eigenvalue weighted by Gasteiger charge is 2.57. The molecule has 0 aliphatic carbocycles. The number of ether oxygens (including phenoxy) is 2. The van der Waals surface area contributed by atoms with E-state index >= 15 is 0 Å². The molecule has 0 spiro atoms. The summed E-state index contributed by atoms with van der Waals surface area (Å²) in [5.41, 5.74) is 0. The monoisotopic (exact) mass is 150 g/mol. The van der Waals surface area contributed by atoms with Crippen LogP contribution >= 0.6 is 0 Å². The lowest BCUT2D eigenvalue weighted by molar-refractivity contribution is -0.191. The molecule has 0 amide bonds. The number of alkyl halides is 2. The van der Waals surface area contributed by atoms with Gasteiger partial charge in [0.05, 0.1) is 0 Å². The summed E-state index contributed by atoms with van der Waals surface area (Å²) in [6, 6.07) is 0. The zero-order valence-electron chi connectivity index (χ0n) is 5.78. The van der Waals surface area contributed by atoms with Gasteiger partial charge >= 0.3 is 11.7 Å². The Labute approximate surface area is 57.4 Å². The minimum absolute atomic E-state index is 0.324. The lowest BCUT2D eigenvalue weighted by atomic mass is 10.2. The molecular weight excluding hydrogens is 142 g/mol. The van der Waals surface area contributed by atoms with E-state index in [-0.39, 0.29) is 5.95 Å². The normalized spacial score (nSPS) is 46.6. The fourth-order valence-corrected chi connectivity index (χ4v) is 0.631. The third-order valence-electron chi connectivity index (χ3n) is 1.41. The maximum atomic E-state index is 12.9. The molecule has 4 heteroatoms. The first kappa shape index (κ1) is 7.31. The average molecular weight is 150 g/mol. The Morgan fingerprint density at radius 2 is 1.50 bits per heavy atom. The summed E-state index contributed by atoms with van der Waals surface area (Å²) in [5, 5.41) is 0. The van der Waals surface area contributed by atoms with Crippen molar-refractivity contribution in [3.8, 4) is 0 Å². The molecule has 0 aromatic rings. The van der Waals surface area contributed by atoms with Crippen LogP contribution in [0.3, 0.4) is 0 Å². The zero-order valence-corrected chi connectivity index (χ0v) is 5.78. The Bertz CT molecular complexity index is 157. The van der Waals surface area contributed by atoms with Crippen molar-refractivity contribution in [1.82, 2.24) is 0 Å². The standard InChI is InChI=1S/C6H8F2O2/c1-4-9-5(2,7)6(3,8)10-4/h1H2,2-3H3. The van der Waals surface area contributed by atoms with Gasteiger partial charge in [-0.1, -0.05) is 0 Å². The molecule has 2 nitrogen and oxygen atoms in total. The minimum atomic E-state index is -2.43. The van der Waals surface area contributed by atoms with Gasteiger partial charge in [-0.2, -0.15) is 8.78 Å². The summed E-state index contributed by atoms with van der Waals surface area (Å²) in [4.78, 5) is 0. The van der Waals surface area contributed by atoms with Gasteiger partial charge in [-0.25, -0.2) is 0 Å². The van der Waals surface area contributed by atoms with Gasteiger partial charge < -0.3 is 9.47 Å². The molecule has 1 heterocycles. The molecule has 2 atom stereocenters. The van der Waals surface area contributed by atoms with Crippen LogP contribution in [0.25, 0.3) is 0 Å². The van der Waals surface area contributed by atoms with Crippen LogP contribution in [-0.4, -0.2) is 11.7 Å². The minimum Gasteiger partial charge on any atom is -0.421 e. The molecule has 0 radical (unpaired) electrons. The van der Waals surface area contributed by atoms with E-state index in [0.29, 0.717) is 0 Å². The van der Waals surface area contributed by atoms with Crippen molar-refractivity contribution < 1.29 is 18.3 Å². The first-order valence-corrected chi connectivity index (χ1v) is 2.80. The van der Waals surface area contributed by atoms with Crippen molar-refractivity contribution in [3.05, 3.63) is 12.5 Å². The predicted molar refractivity (Wildman–Crippen MR) is 30.3 cm³/mol. The molecule has 0 saturated carbocycles. The van der Waals surface area contributed by atoms with E-state index in [0.717, 1.165) is 13.8 Å². The first-order chi connectivity index (χ1) is 4.35. The van der Waals surface area contributed by atoms with Crippen molar-refractivity contribution in [2.45, 2.75) is 25.6 Å². The van der Waals surface area contributed by atoms with Crippen LogP contribution < -0.4 is 0 Å². The molecule has 1 aliphatic heterocycles. The molecule has 1 saturated heterocycles. The van der Waals surface area contributed by atoms with E-state index in [1.807, 2.05) is 0 Å². The van der Waals surface area contributed by atoms with Gasteiger partial charge in [0.15, 0.2) is 0 Å². The van der Waals surface area contributed by atoms with Crippen molar-refractivity contribution in [2.24, 2.45) is 0 Å². The van der Waals surface area contributed by atoms with Crippen molar-refractivity contribution in [2.75, 3.05) is 0 Å². The van der Waals surface area contributed by atoms with Gasteiger partial charge in [0.1, 0.15) is 0 Å². The molecule has 10 heavy (non-hydrogen) atoms. The largest absolute Gasteiger partial charge is 0.421 e. The molecule has 1 aliphatic rings. The van der Waals surface area contributed by atoms with Crippen LogP contribution in [0.1, 0.15) is 13.8 Å². The van der Waals surface area contributed by atoms with Crippen molar-refractivity contribution in [1.29, 1.82) is 0 Å². The topological polar surface area (TPSA) is 18.5 Å². The van der Waals surface area contributed by atoms with E-state index in [2.05, 4.69) is 16.1 Å². The van der Waals surface area contributed by atoms with Crippen LogP contribution in [0.2, 0.25) is 0 Å². The molecule has 58 valence electrons. The molecule has 0 bridgehead atoms. The molecular formula is C6H8F2O2. The second-order valence-electron chi connectivity index (χ2n) is 2.41. The number of hydrogen-bond donors (Lipinski definition) is 0. The van der Waals surface area contributed by atoms with Crippen LogP contribution in [0.4, 0.5) is 8.78 Å². The molecule has 0 N–H and O–H groups in total. The summed E-state index contributed by atoms with van der Waals surface area (Å²) in [6.45, 7) is 5.02. The van der Waals surface area contributed by atoms with E-state index < -0.39 is 11.7 Å². The lowest BCUT2D eigenvalue weighted by Crippen LogP contribution is -2.39. The second-order valence-corrected chi connectivity index (χ2v) is 2.41. The van der Waals surface area contributed by atoms with Crippen LogP contribution in [-0.2, 0) is 9.47 Å². The zero-order chi connectivity index (χ0) is 7.99. The summed E-state index contributed by atoms with van der Waals surface area (Å²) in [5.74, 6) is -5.18. The second kappa shape index (κ2) is 1.62.